The van der Waals surface area contributed by atoms with Gasteiger partial charge in [0, 0.05) is 13.3 Å². The summed E-state index contributed by atoms with van der Waals surface area (Å²) in [5, 5.41) is 14.9. The molecule has 92 valence electrons. The molecule has 0 aliphatic carbocycles. The summed E-state index contributed by atoms with van der Waals surface area (Å²) in [5.41, 5.74) is 0. The molecular formula is C7H10N6O4. The molecule has 1 atom stereocenters. The molecule has 2 heterocycles. The van der Waals surface area contributed by atoms with Gasteiger partial charge in [-0.05, 0) is 15.3 Å². The van der Waals surface area contributed by atoms with Gasteiger partial charge in [0.25, 0.3) is 0 Å². The van der Waals surface area contributed by atoms with E-state index in [-0.39, 0.29) is 18.3 Å². The number of hydrogen-bond acceptors (Lipinski definition) is 7. The maximum absolute atomic E-state index is 11.3. The lowest BCUT2D eigenvalue weighted by molar-refractivity contribution is -0.192. The van der Waals surface area contributed by atoms with Crippen LogP contribution in [0, 0.1) is 0 Å². The Hall–Kier alpha value is -2.39. The largest absolute Gasteiger partial charge is 0.457 e. The smallest absolute Gasteiger partial charge is 0.379 e. The van der Waals surface area contributed by atoms with Crippen LogP contribution < -0.4 is 20.2 Å². The molecule has 1 unspecified atom stereocenters. The fourth-order valence-electron chi connectivity index (χ4n) is 1.19. The number of aromatic nitrogens is 4. The Labute approximate surface area is 95.2 Å². The quantitative estimate of drug-likeness (QED) is 0.575. The molecular weight excluding hydrogens is 232 g/mol. The SMILES string of the molecule is CCC(=O)NC1(NC(C)=O)Oc2nnnn2O1. The molecule has 2 amide bonds. The molecule has 10 heteroatoms. The van der Waals surface area contributed by atoms with Gasteiger partial charge in [-0.15, -0.1) is 0 Å². The first kappa shape index (κ1) is 11.1. The van der Waals surface area contributed by atoms with Crippen LogP contribution in [0.5, 0.6) is 6.01 Å². The summed E-state index contributed by atoms with van der Waals surface area (Å²) in [4.78, 5) is 28.4. The van der Waals surface area contributed by atoms with Gasteiger partial charge in [0.15, 0.2) is 0 Å². The number of fused-ring (bicyclic) bond motifs is 1. The lowest BCUT2D eigenvalue weighted by atomic mass is 10.4. The van der Waals surface area contributed by atoms with Crippen molar-refractivity contribution in [2.75, 3.05) is 0 Å². The first-order valence-corrected chi connectivity index (χ1v) is 4.81. The Morgan fingerprint density at radius 1 is 1.47 bits per heavy atom. The molecule has 1 aliphatic rings. The highest BCUT2D eigenvalue weighted by atomic mass is 16.9. The van der Waals surface area contributed by atoms with Crippen LogP contribution in [0.1, 0.15) is 20.3 Å². The fourth-order valence-corrected chi connectivity index (χ4v) is 1.19. The van der Waals surface area contributed by atoms with Crippen molar-refractivity contribution in [2.24, 2.45) is 0 Å². The van der Waals surface area contributed by atoms with Gasteiger partial charge in [-0.1, -0.05) is 12.0 Å². The van der Waals surface area contributed by atoms with Gasteiger partial charge in [0.1, 0.15) is 0 Å². The van der Waals surface area contributed by atoms with E-state index in [1.54, 1.807) is 6.92 Å². The highest BCUT2D eigenvalue weighted by Crippen LogP contribution is 2.17. The van der Waals surface area contributed by atoms with Crippen LogP contribution in [0.3, 0.4) is 0 Å². The van der Waals surface area contributed by atoms with Crippen molar-refractivity contribution in [3.63, 3.8) is 0 Å². The lowest BCUT2D eigenvalue weighted by Gasteiger charge is -2.25. The highest BCUT2D eigenvalue weighted by Gasteiger charge is 2.47. The van der Waals surface area contributed by atoms with Gasteiger partial charge in [-0.3, -0.25) is 20.2 Å². The Morgan fingerprint density at radius 3 is 2.82 bits per heavy atom. The second-order valence-corrected chi connectivity index (χ2v) is 3.23. The van der Waals surface area contributed by atoms with Gasteiger partial charge in [-0.2, -0.15) is 0 Å². The molecule has 0 radical (unpaired) electrons. The average Bonchev–Trinajstić information content (AvgIpc) is 2.74. The van der Waals surface area contributed by atoms with Gasteiger partial charge in [-0.25, -0.2) is 0 Å². The van der Waals surface area contributed by atoms with Crippen molar-refractivity contribution in [1.82, 2.24) is 31.0 Å². The van der Waals surface area contributed by atoms with Crippen molar-refractivity contribution in [1.29, 1.82) is 0 Å². The summed E-state index contributed by atoms with van der Waals surface area (Å²) in [6, 6.07) is -1.90. The molecule has 0 fully saturated rings. The van der Waals surface area contributed by atoms with E-state index in [1.807, 2.05) is 0 Å². The Balaban J connectivity index is 2.18. The Morgan fingerprint density at radius 2 is 2.24 bits per heavy atom. The zero-order chi connectivity index (χ0) is 12.5. The van der Waals surface area contributed by atoms with E-state index in [0.717, 1.165) is 4.85 Å². The predicted molar refractivity (Wildman–Crippen MR) is 50.0 cm³/mol. The average molecular weight is 242 g/mol. The molecule has 0 saturated heterocycles. The number of amides is 2. The second-order valence-electron chi connectivity index (χ2n) is 3.23. The number of tetrazole rings is 1. The van der Waals surface area contributed by atoms with Crippen LogP contribution >= 0.6 is 0 Å². The summed E-state index contributed by atoms with van der Waals surface area (Å²) < 4.78 is 5.16. The number of nitrogens with zero attached hydrogens (tertiary/aromatic N) is 4. The number of carbonyl (C=O) groups is 2. The van der Waals surface area contributed by atoms with E-state index in [0.29, 0.717) is 0 Å². The van der Waals surface area contributed by atoms with Gasteiger partial charge in [0.2, 0.25) is 11.8 Å². The molecule has 10 nitrogen and oxygen atoms in total. The Bertz CT molecular complexity index is 436. The third-order valence-corrected chi connectivity index (χ3v) is 1.83. The molecule has 1 aromatic heterocycles. The molecule has 2 N–H and O–H groups in total. The molecule has 1 aliphatic heterocycles. The minimum atomic E-state index is -1.82. The number of ether oxygens (including phenoxy) is 1. The standard InChI is InChI=1S/C7H10N6O4/c1-3-5(15)9-7(8-4(2)14)16-6-10-11-12-13(6)17-7/h3H2,1-2H3,(H,8,14)(H,9,15). The normalized spacial score (nSPS) is 21.1. The second kappa shape index (κ2) is 3.88. The van der Waals surface area contributed by atoms with Crippen molar-refractivity contribution in [3.8, 4) is 6.01 Å². The molecule has 0 saturated carbocycles. The topological polar surface area (TPSA) is 120 Å². The van der Waals surface area contributed by atoms with Crippen LogP contribution in [0.15, 0.2) is 0 Å². The zero-order valence-corrected chi connectivity index (χ0v) is 9.13. The predicted octanol–water partition coefficient (Wildman–Crippen LogP) is -2.23. The van der Waals surface area contributed by atoms with Crippen LogP contribution in [0.4, 0.5) is 0 Å². The first-order valence-electron chi connectivity index (χ1n) is 4.81. The number of hydrogen-bond donors (Lipinski definition) is 2. The van der Waals surface area contributed by atoms with Crippen LogP contribution in [0.2, 0.25) is 0 Å². The monoisotopic (exact) mass is 242 g/mol. The van der Waals surface area contributed by atoms with Crippen LogP contribution in [-0.4, -0.2) is 38.2 Å². The molecule has 17 heavy (non-hydrogen) atoms. The lowest BCUT2D eigenvalue weighted by Crippen LogP contribution is -2.67. The summed E-state index contributed by atoms with van der Waals surface area (Å²) in [5.74, 6) is -0.836. The van der Waals surface area contributed by atoms with Crippen LogP contribution in [0.25, 0.3) is 0 Å². The van der Waals surface area contributed by atoms with Crippen LogP contribution in [-0.2, 0) is 9.59 Å². The first-order chi connectivity index (χ1) is 8.04. The maximum Gasteiger partial charge on any atom is 0.457 e. The summed E-state index contributed by atoms with van der Waals surface area (Å²) >= 11 is 0. The fraction of sp³-hybridized carbons (Fsp3) is 0.571. The van der Waals surface area contributed by atoms with Gasteiger partial charge in [0.05, 0.1) is 0 Å². The van der Waals surface area contributed by atoms with E-state index in [2.05, 4.69) is 26.2 Å². The Kier molecular flexibility index (Phi) is 2.54. The molecule has 2 rings (SSSR count). The van der Waals surface area contributed by atoms with E-state index in [1.165, 1.54) is 6.92 Å². The van der Waals surface area contributed by atoms with E-state index in [9.17, 15) is 9.59 Å². The van der Waals surface area contributed by atoms with Crippen molar-refractivity contribution in [3.05, 3.63) is 0 Å². The van der Waals surface area contributed by atoms with Crippen molar-refractivity contribution < 1.29 is 19.2 Å². The van der Waals surface area contributed by atoms with Crippen molar-refractivity contribution >= 4 is 11.8 Å². The number of carbonyl (C=O) groups excluding carboxylic acids is 2. The van der Waals surface area contributed by atoms with Gasteiger partial charge >= 0.3 is 12.0 Å². The minimum Gasteiger partial charge on any atom is -0.379 e. The molecule has 0 spiro atoms. The van der Waals surface area contributed by atoms with E-state index in [4.69, 9.17) is 9.57 Å². The van der Waals surface area contributed by atoms with Gasteiger partial charge < -0.3 is 9.57 Å². The molecule has 0 bridgehead atoms. The number of nitrogens with one attached hydrogen (secondary N) is 2. The highest BCUT2D eigenvalue weighted by molar-refractivity contribution is 5.78. The summed E-state index contributed by atoms with van der Waals surface area (Å²) in [7, 11) is 0. The van der Waals surface area contributed by atoms with Crippen molar-refractivity contribution in [2.45, 2.75) is 26.3 Å². The summed E-state index contributed by atoms with van der Waals surface area (Å²) in [6.45, 7) is 2.89. The van der Waals surface area contributed by atoms with E-state index >= 15 is 0 Å². The summed E-state index contributed by atoms with van der Waals surface area (Å²) in [6.07, 6.45) is 0.196. The third kappa shape index (κ3) is 2.09. The molecule has 1 aromatic rings. The molecule has 0 aromatic carbocycles. The van der Waals surface area contributed by atoms with E-state index < -0.39 is 11.9 Å². The minimum absolute atomic E-state index is 0.0739. The third-order valence-electron chi connectivity index (χ3n) is 1.83. The zero-order valence-electron chi connectivity index (χ0n) is 9.13. The number of rotatable bonds is 3. The maximum atomic E-state index is 11.3.